The van der Waals surface area contributed by atoms with E-state index in [-0.39, 0.29) is 5.91 Å². The van der Waals surface area contributed by atoms with Gasteiger partial charge in [-0.05, 0) is 31.9 Å². The third-order valence-electron chi connectivity index (χ3n) is 4.60. The van der Waals surface area contributed by atoms with Crippen LogP contribution in [0.4, 0.5) is 11.4 Å². The fourth-order valence-corrected chi connectivity index (χ4v) is 3.50. The predicted molar refractivity (Wildman–Crippen MR) is 81.9 cm³/mol. The molecule has 0 bridgehead atoms. The molecule has 0 aromatic heterocycles. The first-order valence-corrected chi connectivity index (χ1v) is 7.67. The fraction of sp³-hybridized carbons (Fsp3) is 0.562. The topological polar surface area (TPSA) is 58.4 Å². The lowest BCUT2D eigenvalue weighted by molar-refractivity contribution is -0.116. The number of fused-ring (bicyclic) bond motifs is 1. The van der Waals surface area contributed by atoms with Gasteiger partial charge in [-0.25, -0.2) is 0 Å². The van der Waals surface area contributed by atoms with E-state index in [1.54, 1.807) is 0 Å². The minimum Gasteiger partial charge on any atom is -0.369 e. The van der Waals surface area contributed by atoms with Crippen molar-refractivity contribution in [2.45, 2.75) is 51.1 Å². The summed E-state index contributed by atoms with van der Waals surface area (Å²) in [6.07, 6.45) is 6.57. The van der Waals surface area contributed by atoms with Crippen LogP contribution >= 0.6 is 0 Å². The number of hydrogen-bond acceptors (Lipinski definition) is 3. The molecule has 3 N–H and O–H groups in total. The minimum absolute atomic E-state index is 0.0992. The average molecular weight is 273 g/mol. The Morgan fingerprint density at radius 2 is 2.05 bits per heavy atom. The highest BCUT2D eigenvalue weighted by Gasteiger charge is 2.28. The van der Waals surface area contributed by atoms with Crippen molar-refractivity contribution in [2.24, 2.45) is 5.73 Å². The molecular formula is C16H23N3O. The number of carbonyl (C=O) groups is 1. The van der Waals surface area contributed by atoms with Crippen LogP contribution in [-0.2, 0) is 4.79 Å². The molecule has 4 heteroatoms. The lowest BCUT2D eigenvalue weighted by Crippen LogP contribution is -2.36. The maximum absolute atomic E-state index is 11.6. The highest BCUT2D eigenvalue weighted by Crippen LogP contribution is 2.35. The van der Waals surface area contributed by atoms with Crippen LogP contribution in [0.1, 0.15) is 50.6 Å². The summed E-state index contributed by atoms with van der Waals surface area (Å²) in [7, 11) is 0. The lowest BCUT2D eigenvalue weighted by Gasteiger charge is -2.35. The van der Waals surface area contributed by atoms with Crippen LogP contribution < -0.4 is 16.0 Å². The number of benzene rings is 1. The van der Waals surface area contributed by atoms with E-state index in [0.29, 0.717) is 6.04 Å². The van der Waals surface area contributed by atoms with Gasteiger partial charge in [0.05, 0.1) is 0 Å². The van der Waals surface area contributed by atoms with Crippen molar-refractivity contribution in [3.63, 3.8) is 0 Å². The van der Waals surface area contributed by atoms with Crippen LogP contribution in [0.2, 0.25) is 0 Å². The van der Waals surface area contributed by atoms with Crippen LogP contribution in [0.15, 0.2) is 18.2 Å². The highest BCUT2D eigenvalue weighted by molar-refractivity contribution is 6.02. The Hall–Kier alpha value is -1.55. The van der Waals surface area contributed by atoms with Crippen molar-refractivity contribution in [3.8, 4) is 0 Å². The second-order valence-corrected chi connectivity index (χ2v) is 5.82. The van der Waals surface area contributed by atoms with Crippen LogP contribution in [0.5, 0.6) is 0 Å². The summed E-state index contributed by atoms with van der Waals surface area (Å²) in [5, 5.41) is 2.88. The Bertz CT molecular complexity index is 508. The quantitative estimate of drug-likeness (QED) is 0.890. The molecule has 1 aromatic carbocycles. The Balaban J connectivity index is 1.86. The number of amides is 1. The summed E-state index contributed by atoms with van der Waals surface area (Å²) in [5.74, 6) is -0.0992. The summed E-state index contributed by atoms with van der Waals surface area (Å²) in [5.41, 5.74) is 8.87. The lowest BCUT2D eigenvalue weighted by atomic mass is 9.93. The molecule has 1 saturated carbocycles. The first kappa shape index (κ1) is 13.4. The molecule has 20 heavy (non-hydrogen) atoms. The molecule has 1 aliphatic heterocycles. The normalized spacial score (nSPS) is 22.5. The molecule has 0 spiro atoms. The van der Waals surface area contributed by atoms with Crippen molar-refractivity contribution in [2.75, 3.05) is 16.8 Å². The van der Waals surface area contributed by atoms with E-state index in [1.165, 1.54) is 37.8 Å². The van der Waals surface area contributed by atoms with E-state index in [4.69, 9.17) is 5.73 Å². The van der Waals surface area contributed by atoms with Gasteiger partial charge in [0.25, 0.3) is 0 Å². The largest absolute Gasteiger partial charge is 0.369 e. The molecule has 1 unspecified atom stereocenters. The first-order valence-electron chi connectivity index (χ1n) is 7.67. The van der Waals surface area contributed by atoms with Crippen molar-refractivity contribution in [1.29, 1.82) is 0 Å². The van der Waals surface area contributed by atoms with Gasteiger partial charge in [-0.2, -0.15) is 0 Å². The van der Waals surface area contributed by atoms with E-state index in [2.05, 4.69) is 29.3 Å². The zero-order chi connectivity index (χ0) is 14.1. The summed E-state index contributed by atoms with van der Waals surface area (Å²) in [6.45, 7) is 3.20. The Labute approximate surface area is 120 Å². The zero-order valence-corrected chi connectivity index (χ0v) is 12.1. The third-order valence-corrected chi connectivity index (χ3v) is 4.60. The molecule has 1 fully saturated rings. The third kappa shape index (κ3) is 2.29. The van der Waals surface area contributed by atoms with E-state index in [1.807, 2.05) is 6.07 Å². The average Bonchev–Trinajstić information content (AvgIpc) is 2.76. The van der Waals surface area contributed by atoms with Crippen LogP contribution in [0, 0.1) is 0 Å². The van der Waals surface area contributed by atoms with Gasteiger partial charge in [-0.15, -0.1) is 0 Å². The van der Waals surface area contributed by atoms with E-state index in [0.717, 1.165) is 17.8 Å². The van der Waals surface area contributed by atoms with Crippen molar-refractivity contribution >= 4 is 17.3 Å². The second-order valence-electron chi connectivity index (χ2n) is 5.82. The summed E-state index contributed by atoms with van der Waals surface area (Å²) in [6, 6.07) is 6.31. The Morgan fingerprint density at radius 3 is 2.75 bits per heavy atom. The number of nitrogens with zero attached hydrogens (tertiary/aromatic N) is 1. The highest BCUT2D eigenvalue weighted by atomic mass is 16.2. The number of anilines is 2. The van der Waals surface area contributed by atoms with Crippen LogP contribution in [0.25, 0.3) is 0 Å². The number of carbonyl (C=O) groups excluding carboxylic acids is 1. The maximum atomic E-state index is 11.6. The van der Waals surface area contributed by atoms with Crippen molar-refractivity contribution in [3.05, 3.63) is 23.8 Å². The molecule has 2 aliphatic rings. The molecule has 1 aromatic rings. The van der Waals surface area contributed by atoms with Crippen molar-refractivity contribution < 1.29 is 4.79 Å². The minimum atomic E-state index is -0.510. The van der Waals surface area contributed by atoms with Gasteiger partial charge in [0.2, 0.25) is 5.91 Å². The summed E-state index contributed by atoms with van der Waals surface area (Å²) >= 11 is 0. The van der Waals surface area contributed by atoms with E-state index in [9.17, 15) is 4.79 Å². The fourth-order valence-electron chi connectivity index (χ4n) is 3.50. The van der Waals surface area contributed by atoms with E-state index >= 15 is 0 Å². The van der Waals surface area contributed by atoms with Gasteiger partial charge in [0.1, 0.15) is 6.04 Å². The molecule has 1 atom stereocenters. The number of nitrogens with one attached hydrogen (secondary N) is 1. The molecule has 1 amide bonds. The van der Waals surface area contributed by atoms with Gasteiger partial charge in [0.15, 0.2) is 0 Å². The molecule has 4 nitrogen and oxygen atoms in total. The summed E-state index contributed by atoms with van der Waals surface area (Å²) < 4.78 is 0. The van der Waals surface area contributed by atoms with Crippen molar-refractivity contribution in [1.82, 2.24) is 0 Å². The SMILES string of the molecule is CCN(c1ccc2c(c1)NC(=O)C2N)C1CCCCC1. The molecule has 3 rings (SSSR count). The Morgan fingerprint density at radius 1 is 1.30 bits per heavy atom. The number of rotatable bonds is 3. The van der Waals surface area contributed by atoms with Crippen LogP contribution in [0.3, 0.4) is 0 Å². The smallest absolute Gasteiger partial charge is 0.245 e. The molecule has 0 saturated heterocycles. The van der Waals surface area contributed by atoms with Crippen LogP contribution in [-0.4, -0.2) is 18.5 Å². The van der Waals surface area contributed by atoms with E-state index < -0.39 is 6.04 Å². The second kappa shape index (κ2) is 5.44. The van der Waals surface area contributed by atoms with Gasteiger partial charge in [0, 0.05) is 29.5 Å². The van der Waals surface area contributed by atoms with Gasteiger partial charge < -0.3 is 16.0 Å². The molecule has 0 radical (unpaired) electrons. The first-order chi connectivity index (χ1) is 9.70. The van der Waals surface area contributed by atoms with Gasteiger partial charge >= 0.3 is 0 Å². The molecule has 1 heterocycles. The molecule has 1 aliphatic carbocycles. The summed E-state index contributed by atoms with van der Waals surface area (Å²) in [4.78, 5) is 14.1. The number of nitrogens with two attached hydrogens (primary N) is 1. The predicted octanol–water partition coefficient (Wildman–Crippen LogP) is 2.80. The standard InChI is InChI=1S/C16H23N3O/c1-2-19(11-6-4-3-5-7-11)12-8-9-13-14(10-12)18-16(20)15(13)17/h8-11,15H,2-7,17H2,1H3,(H,18,20). The molecule has 108 valence electrons. The Kier molecular flexibility index (Phi) is 3.66. The monoisotopic (exact) mass is 273 g/mol. The van der Waals surface area contributed by atoms with Gasteiger partial charge in [-0.3, -0.25) is 4.79 Å². The zero-order valence-electron chi connectivity index (χ0n) is 12.1. The maximum Gasteiger partial charge on any atom is 0.245 e. The number of hydrogen-bond donors (Lipinski definition) is 2. The molecular weight excluding hydrogens is 250 g/mol. The van der Waals surface area contributed by atoms with Gasteiger partial charge in [-0.1, -0.05) is 25.3 Å².